The van der Waals surface area contributed by atoms with E-state index in [0.29, 0.717) is 11.8 Å². The number of carbonyl (C=O) groups excluding carboxylic acids is 2. The molecule has 0 radical (unpaired) electrons. The lowest BCUT2D eigenvalue weighted by atomic mass is 9.71. The van der Waals surface area contributed by atoms with Crippen molar-refractivity contribution in [1.82, 2.24) is 0 Å². The maximum absolute atomic E-state index is 11.6. The van der Waals surface area contributed by atoms with Crippen LogP contribution in [-0.4, -0.2) is 29.8 Å². The van der Waals surface area contributed by atoms with Crippen molar-refractivity contribution in [3.63, 3.8) is 0 Å². The maximum Gasteiger partial charge on any atom is 0.340 e. The van der Waals surface area contributed by atoms with Gasteiger partial charge in [0.15, 0.2) is 5.60 Å². The van der Waals surface area contributed by atoms with Crippen molar-refractivity contribution in [3.05, 3.63) is 36.1 Å². The first-order chi connectivity index (χ1) is 9.20. The second kappa shape index (κ2) is 5.53. The number of rotatable bonds is 4. The molecule has 1 saturated heterocycles. The smallest absolute Gasteiger partial charge is 0.340 e. The molecule has 0 aromatic heterocycles. The van der Waals surface area contributed by atoms with E-state index in [-0.39, 0.29) is 18.0 Å². The third-order valence-corrected chi connectivity index (χ3v) is 3.56. The lowest BCUT2D eigenvalue weighted by Gasteiger charge is -2.36. The molecule has 110 valence electrons. The van der Waals surface area contributed by atoms with Gasteiger partial charge in [-0.1, -0.05) is 20.4 Å². The zero-order valence-corrected chi connectivity index (χ0v) is 12.2. The molecule has 1 rings (SSSR count). The Morgan fingerprint density at radius 3 is 2.45 bits per heavy atom. The molecule has 0 amide bonds. The van der Waals surface area contributed by atoms with Crippen LogP contribution in [0.15, 0.2) is 36.1 Å². The van der Waals surface area contributed by atoms with Gasteiger partial charge in [0.05, 0.1) is 25.4 Å². The molecular weight excluding hydrogens is 260 g/mol. The van der Waals surface area contributed by atoms with Crippen LogP contribution in [0.25, 0.3) is 0 Å². The molecule has 0 saturated carbocycles. The van der Waals surface area contributed by atoms with Crippen LogP contribution in [0.1, 0.15) is 27.2 Å². The van der Waals surface area contributed by atoms with Crippen LogP contribution in [-0.2, 0) is 19.1 Å². The molecule has 0 aromatic carbocycles. The number of ether oxygens (including phenoxy) is 2. The predicted molar refractivity (Wildman–Crippen MR) is 73.9 cm³/mol. The van der Waals surface area contributed by atoms with Crippen LogP contribution in [0.2, 0.25) is 0 Å². The molecule has 1 atom stereocenters. The number of hydrogen-bond acceptors (Lipinski definition) is 5. The molecule has 5 nitrogen and oxygen atoms in total. The van der Waals surface area contributed by atoms with Gasteiger partial charge in [0.25, 0.3) is 0 Å². The fourth-order valence-electron chi connectivity index (χ4n) is 2.40. The zero-order valence-electron chi connectivity index (χ0n) is 12.2. The van der Waals surface area contributed by atoms with Crippen LogP contribution in [0, 0.1) is 5.41 Å². The van der Waals surface area contributed by atoms with E-state index < -0.39 is 17.0 Å². The molecule has 20 heavy (non-hydrogen) atoms. The van der Waals surface area contributed by atoms with Crippen molar-refractivity contribution in [3.8, 4) is 0 Å². The van der Waals surface area contributed by atoms with Gasteiger partial charge >= 0.3 is 11.9 Å². The van der Waals surface area contributed by atoms with E-state index in [1.54, 1.807) is 13.0 Å². The quantitative estimate of drug-likeness (QED) is 0.281. The van der Waals surface area contributed by atoms with Crippen LogP contribution < -0.4 is 0 Å². The number of carbonyl (C=O) groups is 2. The van der Waals surface area contributed by atoms with Gasteiger partial charge in [0.1, 0.15) is 0 Å². The van der Waals surface area contributed by atoms with Gasteiger partial charge in [-0.3, -0.25) is 4.79 Å². The maximum atomic E-state index is 11.6. The summed E-state index contributed by atoms with van der Waals surface area (Å²) < 4.78 is 9.98. The SMILES string of the molecule is C=C(C)[C@]1(/C=C/C(=C\O)C(=O)OC)OC(=O)CC1(C)C. The Morgan fingerprint density at radius 1 is 1.50 bits per heavy atom. The summed E-state index contributed by atoms with van der Waals surface area (Å²) in [6.07, 6.45) is 3.85. The molecule has 1 aliphatic rings. The van der Waals surface area contributed by atoms with Gasteiger partial charge in [0, 0.05) is 5.41 Å². The fourth-order valence-corrected chi connectivity index (χ4v) is 2.40. The molecular formula is C15H20O5. The predicted octanol–water partition coefficient (Wildman–Crippen LogP) is 2.45. The topological polar surface area (TPSA) is 72.8 Å². The minimum absolute atomic E-state index is 0.0353. The number of hydrogen-bond donors (Lipinski definition) is 1. The Labute approximate surface area is 118 Å². The monoisotopic (exact) mass is 280 g/mol. The van der Waals surface area contributed by atoms with Crippen molar-refractivity contribution in [2.75, 3.05) is 7.11 Å². The average molecular weight is 280 g/mol. The molecule has 1 aliphatic heterocycles. The number of aliphatic hydroxyl groups is 1. The van der Waals surface area contributed by atoms with Crippen molar-refractivity contribution < 1.29 is 24.2 Å². The molecule has 5 heteroatoms. The Morgan fingerprint density at radius 2 is 2.10 bits per heavy atom. The first-order valence-electron chi connectivity index (χ1n) is 6.20. The molecule has 1 heterocycles. The molecule has 0 aliphatic carbocycles. The molecule has 0 unspecified atom stereocenters. The minimum atomic E-state index is -1.01. The Hall–Kier alpha value is -2.04. The first-order valence-corrected chi connectivity index (χ1v) is 6.20. The van der Waals surface area contributed by atoms with Crippen molar-refractivity contribution >= 4 is 11.9 Å². The summed E-state index contributed by atoms with van der Waals surface area (Å²) in [5.41, 5.74) is -0.895. The van der Waals surface area contributed by atoms with E-state index in [2.05, 4.69) is 11.3 Å². The Kier molecular flexibility index (Phi) is 4.43. The summed E-state index contributed by atoms with van der Waals surface area (Å²) in [7, 11) is 1.22. The van der Waals surface area contributed by atoms with Gasteiger partial charge in [-0.15, -0.1) is 0 Å². The van der Waals surface area contributed by atoms with E-state index in [1.807, 2.05) is 13.8 Å². The molecule has 0 aromatic rings. The molecule has 1 fully saturated rings. The van der Waals surface area contributed by atoms with E-state index >= 15 is 0 Å². The summed E-state index contributed by atoms with van der Waals surface area (Å²) in [5.74, 6) is -1.00. The average Bonchev–Trinajstić information content (AvgIpc) is 2.59. The van der Waals surface area contributed by atoms with E-state index in [4.69, 9.17) is 9.84 Å². The zero-order chi connectivity index (χ0) is 15.6. The summed E-state index contributed by atoms with van der Waals surface area (Å²) in [5, 5.41) is 9.06. The van der Waals surface area contributed by atoms with E-state index in [1.165, 1.54) is 13.2 Å². The third-order valence-electron chi connectivity index (χ3n) is 3.56. The third kappa shape index (κ3) is 2.61. The van der Waals surface area contributed by atoms with Crippen LogP contribution in [0.3, 0.4) is 0 Å². The second-order valence-electron chi connectivity index (χ2n) is 5.46. The molecule has 1 N–H and O–H groups in total. The largest absolute Gasteiger partial charge is 0.515 e. The summed E-state index contributed by atoms with van der Waals surface area (Å²) in [6.45, 7) is 9.41. The van der Waals surface area contributed by atoms with Crippen LogP contribution >= 0.6 is 0 Å². The van der Waals surface area contributed by atoms with E-state index in [9.17, 15) is 9.59 Å². The molecule has 0 bridgehead atoms. The van der Waals surface area contributed by atoms with Gasteiger partial charge in [0.2, 0.25) is 0 Å². The number of aliphatic hydroxyl groups excluding tert-OH is 1. The van der Waals surface area contributed by atoms with Gasteiger partial charge < -0.3 is 14.6 Å². The van der Waals surface area contributed by atoms with E-state index in [0.717, 1.165) is 0 Å². The molecule has 0 spiro atoms. The number of methoxy groups -OCH3 is 1. The second-order valence-corrected chi connectivity index (χ2v) is 5.46. The number of esters is 2. The highest BCUT2D eigenvalue weighted by Gasteiger charge is 2.54. The Balaban J connectivity index is 3.21. The standard InChI is InChI=1S/C15H20O5/c1-10(2)15(14(3,4)8-12(17)20-15)7-6-11(9-16)13(18)19-5/h6-7,9,16H,1,8H2,2-5H3/b7-6+,11-9+/t15-/m0/s1. The lowest BCUT2D eigenvalue weighted by molar-refractivity contribution is -0.144. The summed E-state index contributed by atoms with van der Waals surface area (Å²) >= 11 is 0. The van der Waals surface area contributed by atoms with Crippen molar-refractivity contribution in [1.29, 1.82) is 0 Å². The minimum Gasteiger partial charge on any atom is -0.515 e. The highest BCUT2D eigenvalue weighted by Crippen LogP contribution is 2.48. The first kappa shape index (κ1) is 16.0. The Bertz CT molecular complexity index is 498. The van der Waals surface area contributed by atoms with Crippen molar-refractivity contribution in [2.24, 2.45) is 5.41 Å². The van der Waals surface area contributed by atoms with Crippen molar-refractivity contribution in [2.45, 2.75) is 32.8 Å². The fraction of sp³-hybridized carbons (Fsp3) is 0.467. The number of cyclic esters (lactones) is 1. The van der Waals surface area contributed by atoms with Gasteiger partial charge in [-0.25, -0.2) is 4.79 Å². The summed E-state index contributed by atoms with van der Waals surface area (Å²) in [6, 6.07) is 0. The highest BCUT2D eigenvalue weighted by atomic mass is 16.6. The normalized spacial score (nSPS) is 25.6. The lowest BCUT2D eigenvalue weighted by Crippen LogP contribution is -2.40. The highest BCUT2D eigenvalue weighted by molar-refractivity contribution is 5.91. The summed E-state index contributed by atoms with van der Waals surface area (Å²) in [4.78, 5) is 23.0. The van der Waals surface area contributed by atoms with Crippen LogP contribution in [0.4, 0.5) is 0 Å². The van der Waals surface area contributed by atoms with Crippen LogP contribution in [0.5, 0.6) is 0 Å². The van der Waals surface area contributed by atoms with Gasteiger partial charge in [-0.2, -0.15) is 0 Å². The van der Waals surface area contributed by atoms with Gasteiger partial charge in [-0.05, 0) is 24.6 Å².